The second-order valence-corrected chi connectivity index (χ2v) is 4.96. The second-order valence-electron chi connectivity index (χ2n) is 4.96. The molecule has 2 fully saturated rings. The molecule has 1 heterocycles. The first kappa shape index (κ1) is 14.1. The van der Waals surface area contributed by atoms with E-state index in [1.165, 1.54) is 0 Å². The van der Waals surface area contributed by atoms with E-state index in [0.717, 1.165) is 12.8 Å². The number of carboxylic acid groups (broad SMARTS) is 1. The molecule has 0 aromatic rings. The van der Waals surface area contributed by atoms with Crippen LogP contribution in [-0.4, -0.2) is 67.6 Å². The molecule has 2 rings (SSSR count). The number of carbonyl (C=O) groups excluding carboxylic acids is 1. The van der Waals surface area contributed by atoms with Crippen molar-refractivity contribution in [3.8, 4) is 0 Å². The van der Waals surface area contributed by atoms with Crippen LogP contribution in [-0.2, 0) is 14.3 Å². The molecule has 108 valence electrons. The van der Waals surface area contributed by atoms with Gasteiger partial charge in [0.05, 0.1) is 25.9 Å². The van der Waals surface area contributed by atoms with Gasteiger partial charge in [0, 0.05) is 19.7 Å². The molecule has 0 spiro atoms. The van der Waals surface area contributed by atoms with E-state index in [9.17, 15) is 9.59 Å². The van der Waals surface area contributed by atoms with E-state index in [0.29, 0.717) is 13.2 Å². The fourth-order valence-electron chi connectivity index (χ4n) is 2.21. The number of ether oxygens (including phenoxy) is 2. The van der Waals surface area contributed by atoms with Crippen LogP contribution in [0.5, 0.6) is 0 Å². The molecule has 2 atom stereocenters. The Morgan fingerprint density at radius 1 is 1.42 bits per heavy atom. The van der Waals surface area contributed by atoms with Crippen LogP contribution in [0.3, 0.4) is 0 Å². The third-order valence-corrected chi connectivity index (χ3v) is 3.49. The van der Waals surface area contributed by atoms with Gasteiger partial charge in [-0.25, -0.2) is 4.79 Å². The van der Waals surface area contributed by atoms with E-state index in [4.69, 9.17) is 14.6 Å². The van der Waals surface area contributed by atoms with Gasteiger partial charge < -0.3 is 24.8 Å². The maximum absolute atomic E-state index is 12.2. The number of hydrogen-bond acceptors (Lipinski definition) is 4. The highest BCUT2D eigenvalue weighted by molar-refractivity contribution is 5.77. The predicted molar refractivity (Wildman–Crippen MR) is 65.9 cm³/mol. The van der Waals surface area contributed by atoms with Gasteiger partial charge in [-0.2, -0.15) is 0 Å². The summed E-state index contributed by atoms with van der Waals surface area (Å²) in [6, 6.07) is -0.407. The number of nitrogens with zero attached hydrogens (tertiary/aromatic N) is 1. The Balaban J connectivity index is 1.89. The van der Waals surface area contributed by atoms with Crippen molar-refractivity contribution in [2.24, 2.45) is 5.92 Å². The van der Waals surface area contributed by atoms with Crippen LogP contribution in [0.4, 0.5) is 4.79 Å². The molecule has 0 aromatic carbocycles. The molecule has 0 radical (unpaired) electrons. The van der Waals surface area contributed by atoms with E-state index >= 15 is 0 Å². The first-order valence-electron chi connectivity index (χ1n) is 6.50. The summed E-state index contributed by atoms with van der Waals surface area (Å²) in [7, 11) is 1.59. The van der Waals surface area contributed by atoms with Gasteiger partial charge in [0.15, 0.2) is 0 Å². The van der Waals surface area contributed by atoms with Crippen LogP contribution in [0.1, 0.15) is 12.8 Å². The van der Waals surface area contributed by atoms with Crippen LogP contribution < -0.4 is 5.32 Å². The zero-order valence-electron chi connectivity index (χ0n) is 11.0. The first-order chi connectivity index (χ1) is 9.13. The monoisotopic (exact) mass is 272 g/mol. The molecule has 0 aromatic heterocycles. The van der Waals surface area contributed by atoms with Gasteiger partial charge in [0.2, 0.25) is 0 Å². The number of methoxy groups -OCH3 is 1. The van der Waals surface area contributed by atoms with Gasteiger partial charge in [0.1, 0.15) is 5.92 Å². The largest absolute Gasteiger partial charge is 0.481 e. The molecule has 1 aliphatic heterocycles. The molecule has 19 heavy (non-hydrogen) atoms. The Bertz CT molecular complexity index is 345. The highest BCUT2D eigenvalue weighted by Gasteiger charge is 2.38. The van der Waals surface area contributed by atoms with Crippen LogP contribution in [0.15, 0.2) is 0 Å². The van der Waals surface area contributed by atoms with Crippen molar-refractivity contribution in [1.29, 1.82) is 0 Å². The van der Waals surface area contributed by atoms with Crippen LogP contribution in [0, 0.1) is 5.92 Å². The Morgan fingerprint density at radius 2 is 2.16 bits per heavy atom. The Kier molecular flexibility index (Phi) is 4.60. The number of nitrogens with one attached hydrogen (secondary N) is 1. The van der Waals surface area contributed by atoms with Gasteiger partial charge >= 0.3 is 12.0 Å². The van der Waals surface area contributed by atoms with Crippen molar-refractivity contribution in [3.63, 3.8) is 0 Å². The maximum Gasteiger partial charge on any atom is 0.318 e. The fourth-order valence-corrected chi connectivity index (χ4v) is 2.21. The molecule has 2 N–H and O–H groups in total. The average molecular weight is 272 g/mol. The van der Waals surface area contributed by atoms with Crippen molar-refractivity contribution in [1.82, 2.24) is 10.2 Å². The smallest absolute Gasteiger partial charge is 0.318 e. The lowest BCUT2D eigenvalue weighted by atomic mass is 10.0. The van der Waals surface area contributed by atoms with Crippen LogP contribution >= 0.6 is 0 Å². The third kappa shape index (κ3) is 3.57. The summed E-state index contributed by atoms with van der Waals surface area (Å²) in [5.74, 6) is -1.59. The summed E-state index contributed by atoms with van der Waals surface area (Å²) in [6.45, 7) is 1.42. The molecular formula is C12H20N2O5. The molecular weight excluding hydrogens is 252 g/mol. The SMILES string of the molecule is COCCN(C(=O)NC1COCC1C(=O)O)C1CC1. The standard InChI is InChI=1S/C12H20N2O5/c1-18-5-4-14(8-2-3-8)12(17)13-10-7-19-6-9(10)11(15)16/h8-10H,2-7H2,1H3,(H,13,17)(H,15,16). The molecule has 7 nitrogen and oxygen atoms in total. The lowest BCUT2D eigenvalue weighted by molar-refractivity contribution is -0.142. The van der Waals surface area contributed by atoms with Gasteiger partial charge in [-0.15, -0.1) is 0 Å². The van der Waals surface area contributed by atoms with Crippen molar-refractivity contribution in [3.05, 3.63) is 0 Å². The van der Waals surface area contributed by atoms with Crippen LogP contribution in [0.25, 0.3) is 0 Å². The third-order valence-electron chi connectivity index (χ3n) is 3.49. The molecule has 2 unspecified atom stereocenters. The molecule has 2 aliphatic rings. The van der Waals surface area contributed by atoms with Crippen molar-refractivity contribution in [2.75, 3.05) is 33.5 Å². The van der Waals surface area contributed by atoms with Crippen molar-refractivity contribution >= 4 is 12.0 Å². The van der Waals surface area contributed by atoms with Crippen molar-refractivity contribution < 1.29 is 24.2 Å². The average Bonchev–Trinajstić information content (AvgIpc) is 3.09. The van der Waals surface area contributed by atoms with E-state index < -0.39 is 17.9 Å². The number of hydrogen-bond donors (Lipinski definition) is 2. The molecule has 7 heteroatoms. The maximum atomic E-state index is 12.2. The summed E-state index contributed by atoms with van der Waals surface area (Å²) in [6.07, 6.45) is 2.00. The second kappa shape index (κ2) is 6.21. The molecule has 0 bridgehead atoms. The first-order valence-corrected chi connectivity index (χ1v) is 6.50. The summed E-state index contributed by atoms with van der Waals surface area (Å²) in [5.41, 5.74) is 0. The zero-order valence-corrected chi connectivity index (χ0v) is 11.0. The lowest BCUT2D eigenvalue weighted by Crippen LogP contribution is -2.50. The summed E-state index contributed by atoms with van der Waals surface area (Å²) in [4.78, 5) is 24.9. The van der Waals surface area contributed by atoms with Crippen LogP contribution in [0.2, 0.25) is 0 Å². The Morgan fingerprint density at radius 3 is 2.74 bits per heavy atom. The normalized spacial score (nSPS) is 26.2. The van der Waals surface area contributed by atoms with Crippen molar-refractivity contribution in [2.45, 2.75) is 24.9 Å². The van der Waals surface area contributed by atoms with E-state index in [1.54, 1.807) is 12.0 Å². The Labute approximate surface area is 111 Å². The number of rotatable bonds is 6. The fraction of sp³-hybridized carbons (Fsp3) is 0.833. The minimum atomic E-state index is -0.933. The van der Waals surface area contributed by atoms with E-state index in [2.05, 4.69) is 5.32 Å². The Hall–Kier alpha value is -1.34. The topological polar surface area (TPSA) is 88.1 Å². The number of aliphatic carboxylic acids is 1. The molecule has 1 aliphatic carbocycles. The predicted octanol–water partition coefficient (Wildman–Crippen LogP) is -0.0936. The van der Waals surface area contributed by atoms with Gasteiger partial charge in [-0.1, -0.05) is 0 Å². The van der Waals surface area contributed by atoms with E-state index in [1.807, 2.05) is 0 Å². The van der Waals surface area contributed by atoms with Gasteiger partial charge in [-0.3, -0.25) is 4.79 Å². The number of carboxylic acids is 1. The molecule has 1 saturated heterocycles. The summed E-state index contributed by atoms with van der Waals surface area (Å²) in [5, 5.41) is 11.8. The molecule has 2 amide bonds. The minimum absolute atomic E-state index is 0.155. The highest BCUT2D eigenvalue weighted by Crippen LogP contribution is 2.27. The highest BCUT2D eigenvalue weighted by atomic mass is 16.5. The lowest BCUT2D eigenvalue weighted by Gasteiger charge is -2.25. The number of amides is 2. The minimum Gasteiger partial charge on any atom is -0.481 e. The van der Waals surface area contributed by atoms with E-state index in [-0.39, 0.29) is 25.3 Å². The zero-order chi connectivity index (χ0) is 13.8. The van der Waals surface area contributed by atoms with Gasteiger partial charge in [0.25, 0.3) is 0 Å². The summed E-state index contributed by atoms with van der Waals surface area (Å²) >= 11 is 0. The molecule has 1 saturated carbocycles. The quantitative estimate of drug-likeness (QED) is 0.705. The number of carbonyl (C=O) groups is 2. The van der Waals surface area contributed by atoms with Gasteiger partial charge in [-0.05, 0) is 12.8 Å². The summed E-state index contributed by atoms with van der Waals surface area (Å²) < 4.78 is 10.1. The number of urea groups is 1.